The fourth-order valence-corrected chi connectivity index (χ4v) is 2.49. The second kappa shape index (κ2) is 7.85. The Labute approximate surface area is 161 Å². The molecule has 4 rings (SSSR count). The van der Waals surface area contributed by atoms with Crippen molar-refractivity contribution in [2.24, 2.45) is 0 Å². The molecule has 4 aromatic rings. The number of carboxylic acids is 1. The number of benzene rings is 1. The standard InChI is InChI=1S/C17H11N5.C2HF3O2/c18-9-12-1-3-13(4-2-12)14-10-21-22(11-14)16-6-8-20-17-15(16)5-7-19-17;3-2(4,5)1(6)7/h1-8,10-11H,(H,19,20);(H,6,7). The van der Waals surface area contributed by atoms with Crippen molar-refractivity contribution in [1.29, 1.82) is 5.26 Å². The molecule has 0 spiro atoms. The third-order valence-electron chi connectivity index (χ3n) is 3.86. The monoisotopic (exact) mass is 399 g/mol. The quantitative estimate of drug-likeness (QED) is 0.531. The number of aromatic amines is 1. The van der Waals surface area contributed by atoms with Crippen LogP contribution in [0.25, 0.3) is 27.8 Å². The third kappa shape index (κ3) is 4.41. The summed E-state index contributed by atoms with van der Waals surface area (Å²) in [5, 5.41) is 21.5. The molecule has 0 unspecified atom stereocenters. The highest BCUT2D eigenvalue weighted by Crippen LogP contribution is 2.23. The van der Waals surface area contributed by atoms with Gasteiger partial charge in [-0.3, -0.25) is 0 Å². The zero-order valence-electron chi connectivity index (χ0n) is 14.6. The molecule has 3 heterocycles. The van der Waals surface area contributed by atoms with E-state index in [2.05, 4.69) is 21.1 Å². The first-order chi connectivity index (χ1) is 13.8. The molecule has 0 fully saturated rings. The number of nitriles is 1. The molecule has 0 aliphatic carbocycles. The van der Waals surface area contributed by atoms with E-state index in [0.717, 1.165) is 27.8 Å². The number of fused-ring (bicyclic) bond motifs is 1. The Kier molecular flexibility index (Phi) is 5.32. The van der Waals surface area contributed by atoms with Gasteiger partial charge in [-0.25, -0.2) is 14.5 Å². The smallest absolute Gasteiger partial charge is 0.475 e. The minimum absolute atomic E-state index is 0.652. The Morgan fingerprint density at radius 1 is 1.14 bits per heavy atom. The van der Waals surface area contributed by atoms with E-state index in [0.29, 0.717) is 5.56 Å². The van der Waals surface area contributed by atoms with Crippen molar-refractivity contribution < 1.29 is 23.1 Å². The van der Waals surface area contributed by atoms with Gasteiger partial charge in [0, 0.05) is 29.5 Å². The molecule has 0 saturated carbocycles. The van der Waals surface area contributed by atoms with Gasteiger partial charge in [0.25, 0.3) is 0 Å². The lowest BCUT2D eigenvalue weighted by Crippen LogP contribution is -2.21. The average molecular weight is 399 g/mol. The molecule has 0 radical (unpaired) electrons. The molecule has 0 bridgehead atoms. The summed E-state index contributed by atoms with van der Waals surface area (Å²) in [6.45, 7) is 0. The normalized spacial score (nSPS) is 10.8. The molecular weight excluding hydrogens is 387 g/mol. The molecule has 3 aromatic heterocycles. The van der Waals surface area contributed by atoms with Crippen molar-refractivity contribution in [2.45, 2.75) is 6.18 Å². The van der Waals surface area contributed by atoms with E-state index in [1.807, 2.05) is 59.7 Å². The summed E-state index contributed by atoms with van der Waals surface area (Å²) in [5.74, 6) is -2.76. The van der Waals surface area contributed by atoms with Gasteiger partial charge in [0.15, 0.2) is 0 Å². The molecule has 0 saturated heterocycles. The van der Waals surface area contributed by atoms with Crippen LogP contribution in [0.1, 0.15) is 5.56 Å². The number of rotatable bonds is 2. The summed E-state index contributed by atoms with van der Waals surface area (Å²) in [6, 6.07) is 13.5. The van der Waals surface area contributed by atoms with Gasteiger partial charge in [-0.05, 0) is 29.8 Å². The van der Waals surface area contributed by atoms with Crippen LogP contribution in [0.15, 0.2) is 61.2 Å². The van der Waals surface area contributed by atoms with Crippen molar-refractivity contribution in [3.63, 3.8) is 0 Å². The number of nitrogens with one attached hydrogen (secondary N) is 1. The van der Waals surface area contributed by atoms with Gasteiger partial charge in [0.2, 0.25) is 0 Å². The van der Waals surface area contributed by atoms with Crippen molar-refractivity contribution in [3.05, 3.63) is 66.7 Å². The minimum atomic E-state index is -5.08. The first-order valence-corrected chi connectivity index (χ1v) is 8.07. The maximum absolute atomic E-state index is 10.6. The predicted octanol–water partition coefficient (Wildman–Crippen LogP) is 3.92. The fraction of sp³-hybridized carbons (Fsp3) is 0.0526. The lowest BCUT2D eigenvalue weighted by atomic mass is 10.1. The highest BCUT2D eigenvalue weighted by Gasteiger charge is 2.38. The molecule has 146 valence electrons. The van der Waals surface area contributed by atoms with Gasteiger partial charge < -0.3 is 10.1 Å². The summed E-state index contributed by atoms with van der Waals surface area (Å²) < 4.78 is 33.6. The van der Waals surface area contributed by atoms with E-state index in [4.69, 9.17) is 15.2 Å². The summed E-state index contributed by atoms with van der Waals surface area (Å²) in [4.78, 5) is 16.3. The number of carbonyl (C=O) groups is 1. The summed E-state index contributed by atoms with van der Waals surface area (Å²) in [7, 11) is 0. The van der Waals surface area contributed by atoms with E-state index in [1.54, 1.807) is 6.20 Å². The molecule has 7 nitrogen and oxygen atoms in total. The summed E-state index contributed by atoms with van der Waals surface area (Å²) in [5.41, 5.74) is 4.51. The molecule has 0 atom stereocenters. The SMILES string of the molecule is N#Cc1ccc(-c2cnn(-c3ccnc4[nH]ccc34)c2)cc1.O=C(O)C(F)(F)F. The Morgan fingerprint density at radius 3 is 2.45 bits per heavy atom. The minimum Gasteiger partial charge on any atom is -0.475 e. The number of alkyl halides is 3. The van der Waals surface area contributed by atoms with Crippen LogP contribution in [0.2, 0.25) is 0 Å². The van der Waals surface area contributed by atoms with Crippen LogP contribution in [-0.4, -0.2) is 37.0 Å². The van der Waals surface area contributed by atoms with Gasteiger partial charge in [0.1, 0.15) is 5.65 Å². The lowest BCUT2D eigenvalue weighted by molar-refractivity contribution is -0.192. The highest BCUT2D eigenvalue weighted by molar-refractivity contribution is 5.84. The number of aliphatic carboxylic acids is 1. The van der Waals surface area contributed by atoms with Gasteiger partial charge in [-0.2, -0.15) is 23.5 Å². The Morgan fingerprint density at radius 2 is 1.83 bits per heavy atom. The van der Waals surface area contributed by atoms with Gasteiger partial charge >= 0.3 is 12.1 Å². The number of carboxylic acid groups (broad SMARTS) is 1. The van der Waals surface area contributed by atoms with Crippen LogP contribution in [0, 0.1) is 11.3 Å². The fourth-order valence-electron chi connectivity index (χ4n) is 2.49. The Hall–Kier alpha value is -4.13. The highest BCUT2D eigenvalue weighted by atomic mass is 19.4. The molecule has 0 amide bonds. The largest absolute Gasteiger partial charge is 0.490 e. The molecule has 2 N–H and O–H groups in total. The first-order valence-electron chi connectivity index (χ1n) is 8.07. The lowest BCUT2D eigenvalue weighted by Gasteiger charge is -2.02. The second-order valence-electron chi connectivity index (χ2n) is 5.74. The number of hydrogen-bond donors (Lipinski definition) is 2. The van der Waals surface area contributed by atoms with E-state index < -0.39 is 12.1 Å². The molecule has 10 heteroatoms. The van der Waals surface area contributed by atoms with Crippen LogP contribution in [0.4, 0.5) is 13.2 Å². The maximum atomic E-state index is 10.6. The second-order valence-corrected chi connectivity index (χ2v) is 5.74. The molecule has 0 aliphatic heterocycles. The third-order valence-corrected chi connectivity index (χ3v) is 3.86. The molecule has 1 aromatic carbocycles. The Bertz CT molecular complexity index is 1190. The van der Waals surface area contributed by atoms with Gasteiger partial charge in [-0.15, -0.1) is 0 Å². The van der Waals surface area contributed by atoms with Crippen LogP contribution in [0.5, 0.6) is 0 Å². The molecular formula is C19H12F3N5O2. The molecule has 29 heavy (non-hydrogen) atoms. The Balaban J connectivity index is 0.000000298. The van der Waals surface area contributed by atoms with Crippen molar-refractivity contribution in [3.8, 4) is 22.9 Å². The number of aromatic nitrogens is 4. The van der Waals surface area contributed by atoms with E-state index in [1.165, 1.54) is 0 Å². The van der Waals surface area contributed by atoms with Gasteiger partial charge in [-0.1, -0.05) is 12.1 Å². The van der Waals surface area contributed by atoms with Crippen molar-refractivity contribution in [1.82, 2.24) is 19.7 Å². The topological polar surface area (TPSA) is 108 Å². The summed E-state index contributed by atoms with van der Waals surface area (Å²) >= 11 is 0. The first kappa shape index (κ1) is 19.6. The maximum Gasteiger partial charge on any atom is 0.490 e. The zero-order chi connectivity index (χ0) is 21.0. The number of hydrogen-bond acceptors (Lipinski definition) is 4. The van der Waals surface area contributed by atoms with E-state index >= 15 is 0 Å². The van der Waals surface area contributed by atoms with Crippen molar-refractivity contribution in [2.75, 3.05) is 0 Å². The van der Waals surface area contributed by atoms with Crippen molar-refractivity contribution >= 4 is 17.0 Å². The van der Waals surface area contributed by atoms with Gasteiger partial charge in [0.05, 0.1) is 23.5 Å². The number of nitrogens with zero attached hydrogens (tertiary/aromatic N) is 4. The molecule has 0 aliphatic rings. The number of H-pyrrole nitrogens is 1. The number of halogens is 3. The van der Waals surface area contributed by atoms with E-state index in [9.17, 15) is 13.2 Å². The van der Waals surface area contributed by atoms with Crippen LogP contribution in [-0.2, 0) is 4.79 Å². The van der Waals surface area contributed by atoms with Crippen LogP contribution in [0.3, 0.4) is 0 Å². The zero-order valence-corrected chi connectivity index (χ0v) is 14.6. The van der Waals surface area contributed by atoms with Crippen LogP contribution >= 0.6 is 0 Å². The number of pyridine rings is 1. The van der Waals surface area contributed by atoms with E-state index in [-0.39, 0.29) is 0 Å². The predicted molar refractivity (Wildman–Crippen MR) is 97.1 cm³/mol. The summed E-state index contributed by atoms with van der Waals surface area (Å²) in [6.07, 6.45) is 2.34. The van der Waals surface area contributed by atoms with Crippen LogP contribution < -0.4 is 0 Å². The average Bonchev–Trinajstić information content (AvgIpc) is 3.37.